The number of imidazole rings is 1. The fourth-order valence-electron chi connectivity index (χ4n) is 2.05. The standard InChI is InChI=1S/C14H20N4O4S/c1-5-22-7-6-18-10-11(17(4)13(21)16-12(10)20)15-14(18)23-9(3)8(2)19/h9H,5-7H2,1-4H3,(H,16,20,21)/t9-/m0/s1. The predicted molar refractivity (Wildman–Crippen MR) is 88.1 cm³/mol. The number of thioether (sulfide) groups is 1. The molecule has 1 atom stereocenters. The minimum Gasteiger partial charge on any atom is -0.380 e. The molecule has 0 saturated carbocycles. The van der Waals surface area contributed by atoms with Crippen LogP contribution in [-0.4, -0.2) is 43.3 Å². The molecule has 0 fully saturated rings. The van der Waals surface area contributed by atoms with Crippen LogP contribution in [0.25, 0.3) is 11.2 Å². The maximum absolute atomic E-state index is 12.2. The van der Waals surface area contributed by atoms with E-state index in [2.05, 4.69) is 9.97 Å². The van der Waals surface area contributed by atoms with Gasteiger partial charge in [-0.05, 0) is 20.8 Å². The molecular weight excluding hydrogens is 320 g/mol. The number of aromatic amines is 1. The zero-order valence-electron chi connectivity index (χ0n) is 13.6. The van der Waals surface area contributed by atoms with Gasteiger partial charge in [0, 0.05) is 20.2 Å². The molecule has 0 aromatic carbocycles. The second kappa shape index (κ2) is 7.14. The summed E-state index contributed by atoms with van der Waals surface area (Å²) in [4.78, 5) is 42.1. The molecule has 126 valence electrons. The number of nitrogens with one attached hydrogen (secondary N) is 1. The van der Waals surface area contributed by atoms with Crippen LogP contribution in [0.2, 0.25) is 0 Å². The Hall–Kier alpha value is -1.87. The molecule has 8 nitrogen and oxygen atoms in total. The first kappa shape index (κ1) is 17.5. The fraction of sp³-hybridized carbons (Fsp3) is 0.571. The van der Waals surface area contributed by atoms with Crippen molar-refractivity contribution in [2.75, 3.05) is 13.2 Å². The van der Waals surface area contributed by atoms with E-state index in [1.54, 1.807) is 18.5 Å². The number of hydrogen-bond donors (Lipinski definition) is 1. The number of H-pyrrole nitrogens is 1. The Bertz CT molecular complexity index is 836. The molecule has 1 N–H and O–H groups in total. The van der Waals surface area contributed by atoms with Crippen LogP contribution in [0.1, 0.15) is 20.8 Å². The second-order valence-corrected chi connectivity index (χ2v) is 6.41. The predicted octanol–water partition coefficient (Wildman–Crippen LogP) is 0.529. The number of ether oxygens (including phenoxy) is 1. The van der Waals surface area contributed by atoms with Crippen LogP contribution < -0.4 is 11.2 Å². The number of rotatable bonds is 7. The van der Waals surface area contributed by atoms with Gasteiger partial charge in [-0.3, -0.25) is 19.1 Å². The van der Waals surface area contributed by atoms with Gasteiger partial charge in [-0.25, -0.2) is 9.78 Å². The molecule has 0 unspecified atom stereocenters. The van der Waals surface area contributed by atoms with Crippen molar-refractivity contribution in [3.8, 4) is 0 Å². The molecule has 2 aromatic heterocycles. The summed E-state index contributed by atoms with van der Waals surface area (Å²) in [5.41, 5.74) is -0.402. The normalized spacial score (nSPS) is 12.7. The van der Waals surface area contributed by atoms with Gasteiger partial charge in [-0.15, -0.1) is 0 Å². The molecule has 9 heteroatoms. The first-order valence-corrected chi connectivity index (χ1v) is 8.19. The van der Waals surface area contributed by atoms with E-state index < -0.39 is 11.2 Å². The van der Waals surface area contributed by atoms with Gasteiger partial charge in [-0.1, -0.05) is 11.8 Å². The van der Waals surface area contributed by atoms with Crippen LogP contribution in [-0.2, 0) is 23.1 Å². The highest BCUT2D eigenvalue weighted by Crippen LogP contribution is 2.25. The zero-order valence-corrected chi connectivity index (χ0v) is 14.4. The summed E-state index contributed by atoms with van der Waals surface area (Å²) >= 11 is 1.26. The van der Waals surface area contributed by atoms with Gasteiger partial charge in [0.1, 0.15) is 5.78 Å². The monoisotopic (exact) mass is 340 g/mol. The third-order valence-electron chi connectivity index (χ3n) is 3.49. The van der Waals surface area contributed by atoms with Crippen LogP contribution in [0.15, 0.2) is 14.7 Å². The van der Waals surface area contributed by atoms with Crippen LogP contribution >= 0.6 is 11.8 Å². The Morgan fingerprint density at radius 1 is 1.43 bits per heavy atom. The van der Waals surface area contributed by atoms with Crippen molar-refractivity contribution in [2.24, 2.45) is 7.05 Å². The van der Waals surface area contributed by atoms with Crippen molar-refractivity contribution in [2.45, 2.75) is 37.7 Å². The quantitative estimate of drug-likeness (QED) is 0.583. The molecule has 0 bridgehead atoms. The summed E-state index contributed by atoms with van der Waals surface area (Å²) in [5, 5.41) is 0.225. The number of ketones is 1. The molecule has 0 aliphatic carbocycles. The van der Waals surface area contributed by atoms with Gasteiger partial charge in [0.15, 0.2) is 16.3 Å². The minimum absolute atomic E-state index is 0.0150. The van der Waals surface area contributed by atoms with Crippen molar-refractivity contribution in [3.05, 3.63) is 20.8 Å². The number of nitrogens with zero attached hydrogens (tertiary/aromatic N) is 3. The summed E-state index contributed by atoms with van der Waals surface area (Å²) in [6, 6.07) is 0. The molecule has 0 saturated heterocycles. The summed E-state index contributed by atoms with van der Waals surface area (Å²) in [6.45, 7) is 6.56. The zero-order chi connectivity index (χ0) is 17.1. The average Bonchev–Trinajstić information content (AvgIpc) is 2.84. The van der Waals surface area contributed by atoms with E-state index in [9.17, 15) is 14.4 Å². The van der Waals surface area contributed by atoms with Crippen molar-refractivity contribution in [1.82, 2.24) is 19.1 Å². The highest BCUT2D eigenvalue weighted by molar-refractivity contribution is 8.00. The van der Waals surface area contributed by atoms with Gasteiger partial charge in [0.2, 0.25) is 0 Å². The first-order valence-electron chi connectivity index (χ1n) is 7.31. The van der Waals surface area contributed by atoms with Gasteiger partial charge in [0.25, 0.3) is 5.56 Å². The molecule has 2 rings (SSSR count). The van der Waals surface area contributed by atoms with Crippen LogP contribution in [0.3, 0.4) is 0 Å². The summed E-state index contributed by atoms with van der Waals surface area (Å²) in [7, 11) is 1.54. The van der Waals surface area contributed by atoms with E-state index in [1.165, 1.54) is 23.3 Å². The third-order valence-corrected chi connectivity index (χ3v) is 4.70. The number of aryl methyl sites for hydroxylation is 1. The minimum atomic E-state index is -0.520. The van der Waals surface area contributed by atoms with Gasteiger partial charge >= 0.3 is 5.69 Å². The Kier molecular flexibility index (Phi) is 5.42. The first-order chi connectivity index (χ1) is 10.9. The highest BCUT2D eigenvalue weighted by atomic mass is 32.2. The molecule has 2 heterocycles. The van der Waals surface area contributed by atoms with Crippen molar-refractivity contribution < 1.29 is 9.53 Å². The van der Waals surface area contributed by atoms with E-state index >= 15 is 0 Å². The maximum Gasteiger partial charge on any atom is 0.329 e. The van der Waals surface area contributed by atoms with E-state index in [0.29, 0.717) is 36.1 Å². The molecular formula is C14H20N4O4S. The summed E-state index contributed by atoms with van der Waals surface area (Å²) in [5.74, 6) is 0.0150. The van der Waals surface area contributed by atoms with E-state index in [0.717, 1.165) is 0 Å². The number of carbonyl (C=O) groups excluding carboxylic acids is 1. The molecule has 0 radical (unpaired) electrons. The lowest BCUT2D eigenvalue weighted by Crippen LogP contribution is -2.29. The maximum atomic E-state index is 12.2. The summed E-state index contributed by atoms with van der Waals surface area (Å²) < 4.78 is 8.34. The van der Waals surface area contributed by atoms with Crippen molar-refractivity contribution >= 4 is 28.7 Å². The number of aromatic nitrogens is 4. The second-order valence-electron chi connectivity index (χ2n) is 5.10. The molecule has 0 spiro atoms. The SMILES string of the molecule is CCOCCn1c(S[C@@H](C)C(C)=O)nc2c1c(=O)[nH]c(=O)n2C. The van der Waals surface area contributed by atoms with Crippen LogP contribution in [0.5, 0.6) is 0 Å². The van der Waals surface area contributed by atoms with Gasteiger partial charge in [-0.2, -0.15) is 0 Å². The number of fused-ring (bicyclic) bond motifs is 1. The third kappa shape index (κ3) is 3.56. The lowest BCUT2D eigenvalue weighted by atomic mass is 10.3. The van der Waals surface area contributed by atoms with Gasteiger partial charge < -0.3 is 9.30 Å². The Labute approximate surface area is 136 Å². The molecule has 0 aliphatic heterocycles. The molecule has 0 amide bonds. The van der Waals surface area contributed by atoms with E-state index in [-0.39, 0.29) is 11.0 Å². The molecule has 23 heavy (non-hydrogen) atoms. The number of carbonyl (C=O) groups is 1. The Morgan fingerprint density at radius 3 is 2.74 bits per heavy atom. The number of hydrogen-bond acceptors (Lipinski definition) is 6. The van der Waals surface area contributed by atoms with Crippen LogP contribution in [0.4, 0.5) is 0 Å². The van der Waals surface area contributed by atoms with E-state index in [1.807, 2.05) is 6.92 Å². The van der Waals surface area contributed by atoms with Crippen molar-refractivity contribution in [1.29, 1.82) is 0 Å². The lowest BCUT2D eigenvalue weighted by molar-refractivity contribution is -0.116. The lowest BCUT2D eigenvalue weighted by Gasteiger charge is -2.10. The van der Waals surface area contributed by atoms with Crippen molar-refractivity contribution in [3.63, 3.8) is 0 Å². The molecule has 0 aliphatic rings. The Morgan fingerprint density at radius 2 is 2.13 bits per heavy atom. The topological polar surface area (TPSA) is 99.0 Å². The Balaban J connectivity index is 2.59. The van der Waals surface area contributed by atoms with E-state index in [4.69, 9.17) is 4.74 Å². The smallest absolute Gasteiger partial charge is 0.329 e. The fourth-order valence-corrected chi connectivity index (χ4v) is 2.98. The average molecular weight is 340 g/mol. The van der Waals surface area contributed by atoms with Crippen LogP contribution in [0, 0.1) is 0 Å². The van der Waals surface area contributed by atoms with Gasteiger partial charge in [0.05, 0.1) is 11.9 Å². The highest BCUT2D eigenvalue weighted by Gasteiger charge is 2.20. The summed E-state index contributed by atoms with van der Waals surface area (Å²) in [6.07, 6.45) is 0. The largest absolute Gasteiger partial charge is 0.380 e. The number of Topliss-reactive ketones (excluding diaryl/α,β-unsaturated/α-hetero) is 1. The molecule has 2 aromatic rings.